The smallest absolute Gasteiger partial charge is 0.0540 e. The quantitative estimate of drug-likeness (QED) is 0.141. The summed E-state index contributed by atoms with van der Waals surface area (Å²) in [6, 6.07) is 94.6. The van der Waals surface area contributed by atoms with Gasteiger partial charge in [-0.25, -0.2) is 0 Å². The van der Waals surface area contributed by atoms with Gasteiger partial charge in [0.15, 0.2) is 0 Å². The highest BCUT2D eigenvalue weighted by Crippen LogP contribution is 2.46. The summed E-state index contributed by atoms with van der Waals surface area (Å²) >= 11 is 0. The van der Waals surface area contributed by atoms with Gasteiger partial charge in [0.1, 0.15) is 0 Å². The van der Waals surface area contributed by atoms with Gasteiger partial charge in [0, 0.05) is 16.9 Å². The third kappa shape index (κ3) is 7.26. The predicted octanol–water partition coefficient (Wildman–Crippen LogP) is 17.5. The molecule has 0 saturated carbocycles. The van der Waals surface area contributed by atoms with Crippen molar-refractivity contribution in [1.29, 1.82) is 0 Å². The van der Waals surface area contributed by atoms with Gasteiger partial charge in [-0.2, -0.15) is 0 Å². The van der Waals surface area contributed by atoms with Gasteiger partial charge in [-0.1, -0.05) is 231 Å². The summed E-state index contributed by atoms with van der Waals surface area (Å²) in [5.74, 6) is 0. The molecule has 0 aliphatic carbocycles. The Bertz CT molecular complexity index is 3350. The summed E-state index contributed by atoms with van der Waals surface area (Å²) in [7, 11) is 0. The van der Waals surface area contributed by atoms with Crippen molar-refractivity contribution in [2.75, 3.05) is 4.90 Å². The van der Waals surface area contributed by atoms with E-state index < -0.39 is 0 Å². The largest absolute Gasteiger partial charge is 0.310 e. The van der Waals surface area contributed by atoms with E-state index in [-0.39, 0.29) is 0 Å². The van der Waals surface area contributed by atoms with Crippen molar-refractivity contribution in [3.63, 3.8) is 0 Å². The van der Waals surface area contributed by atoms with E-state index in [1.54, 1.807) is 0 Å². The minimum Gasteiger partial charge on any atom is -0.310 e. The van der Waals surface area contributed by atoms with Crippen LogP contribution in [0, 0.1) is 0 Å². The molecule has 0 saturated heterocycles. The van der Waals surface area contributed by atoms with E-state index in [2.05, 4.69) is 266 Å². The molecule has 11 rings (SSSR count). The van der Waals surface area contributed by atoms with Gasteiger partial charge in [0.2, 0.25) is 0 Å². The Morgan fingerprint density at radius 3 is 1.08 bits per heavy atom. The lowest BCUT2D eigenvalue weighted by Gasteiger charge is -2.29. The second-order valence-corrected chi connectivity index (χ2v) is 16.0. The summed E-state index contributed by atoms with van der Waals surface area (Å²) in [5, 5.41) is 5.02. The molecular weight excluding hydrogens is 759 g/mol. The first-order chi connectivity index (χ1) is 31.3. The summed E-state index contributed by atoms with van der Waals surface area (Å²) in [4.78, 5) is 2.41. The van der Waals surface area contributed by atoms with E-state index >= 15 is 0 Å². The van der Waals surface area contributed by atoms with Crippen molar-refractivity contribution in [3.8, 4) is 66.8 Å². The molecule has 1 heteroatoms. The summed E-state index contributed by atoms with van der Waals surface area (Å²) < 4.78 is 0. The van der Waals surface area contributed by atoms with Crippen LogP contribution in [0.3, 0.4) is 0 Å². The molecule has 296 valence electrons. The number of hydrogen-bond donors (Lipinski definition) is 0. The fraction of sp³-hybridized carbons (Fsp3) is 0. The van der Waals surface area contributed by atoms with Crippen LogP contribution in [-0.4, -0.2) is 0 Å². The van der Waals surface area contributed by atoms with E-state index in [0.717, 1.165) is 22.6 Å². The summed E-state index contributed by atoms with van der Waals surface area (Å²) in [6.45, 7) is 0. The van der Waals surface area contributed by atoms with Crippen LogP contribution >= 0.6 is 0 Å². The average molecular weight is 802 g/mol. The normalized spacial score (nSPS) is 11.2. The lowest BCUT2D eigenvalue weighted by molar-refractivity contribution is 1.28. The lowest BCUT2D eigenvalue weighted by atomic mass is 9.88. The van der Waals surface area contributed by atoms with Crippen molar-refractivity contribution in [1.82, 2.24) is 0 Å². The zero-order valence-corrected chi connectivity index (χ0v) is 34.8. The summed E-state index contributed by atoms with van der Waals surface area (Å²) in [6.07, 6.45) is 0. The molecule has 0 amide bonds. The summed E-state index contributed by atoms with van der Waals surface area (Å²) in [5.41, 5.74) is 17.7. The van der Waals surface area contributed by atoms with E-state index in [9.17, 15) is 0 Å². The number of benzene rings is 11. The number of fused-ring (bicyclic) bond motifs is 2. The number of para-hydroxylation sites is 1. The van der Waals surface area contributed by atoms with Crippen molar-refractivity contribution in [2.45, 2.75) is 0 Å². The van der Waals surface area contributed by atoms with Crippen LogP contribution in [-0.2, 0) is 0 Å². The molecule has 0 aliphatic heterocycles. The van der Waals surface area contributed by atoms with Gasteiger partial charge in [0.05, 0.1) is 5.69 Å². The molecule has 0 radical (unpaired) electrons. The van der Waals surface area contributed by atoms with E-state index in [0.29, 0.717) is 0 Å². The molecule has 0 aromatic heterocycles. The van der Waals surface area contributed by atoms with Crippen molar-refractivity contribution in [2.24, 2.45) is 0 Å². The Kier molecular flexibility index (Phi) is 9.97. The molecule has 0 aliphatic rings. The SMILES string of the molecule is c1ccc(-c2ccccc2-c2ccccc2-c2ccccc2N(c2ccc(-c3ccc(-c4cccc5ccccc45)cc3)cc2)c2ccc(-c3cccc4ccccc34)cc2)cc1. The molecule has 11 aromatic rings. The highest BCUT2D eigenvalue weighted by molar-refractivity contribution is 6.00. The second kappa shape index (κ2) is 16.7. The third-order valence-corrected chi connectivity index (χ3v) is 12.3. The number of rotatable bonds is 9. The second-order valence-electron chi connectivity index (χ2n) is 16.0. The highest BCUT2D eigenvalue weighted by atomic mass is 15.1. The predicted molar refractivity (Wildman–Crippen MR) is 269 cm³/mol. The number of hydrogen-bond acceptors (Lipinski definition) is 1. The zero-order valence-electron chi connectivity index (χ0n) is 34.8. The fourth-order valence-corrected chi connectivity index (χ4v) is 9.25. The van der Waals surface area contributed by atoms with Gasteiger partial charge < -0.3 is 4.90 Å². The van der Waals surface area contributed by atoms with Crippen molar-refractivity contribution < 1.29 is 0 Å². The Morgan fingerprint density at radius 2 is 0.524 bits per heavy atom. The van der Waals surface area contributed by atoms with Crippen LogP contribution in [0.1, 0.15) is 0 Å². The van der Waals surface area contributed by atoms with Gasteiger partial charge >= 0.3 is 0 Å². The Hall–Kier alpha value is -8.26. The molecule has 11 aromatic carbocycles. The monoisotopic (exact) mass is 801 g/mol. The van der Waals surface area contributed by atoms with E-state index in [1.807, 2.05) is 0 Å². The standard InChI is InChI=1S/C62H43N/c1-2-16-46(17-3-1)57-24-8-9-25-58(57)59-26-10-11-27-60(59)61-28-12-13-31-62(61)63(52-42-38-50(39-43-52)56-30-15-21-48-19-5-7-23-54(48)56)51-40-36-45(37-41-51)44-32-34-49(35-33-44)55-29-14-20-47-18-4-6-22-53(47)55/h1-43H. The molecule has 0 atom stereocenters. The average Bonchev–Trinajstić information content (AvgIpc) is 3.37. The lowest BCUT2D eigenvalue weighted by Crippen LogP contribution is -2.11. The zero-order chi connectivity index (χ0) is 42.0. The molecule has 0 heterocycles. The molecular formula is C62H43N. The first-order valence-electron chi connectivity index (χ1n) is 21.7. The van der Waals surface area contributed by atoms with Crippen LogP contribution in [0.15, 0.2) is 261 Å². The van der Waals surface area contributed by atoms with Crippen molar-refractivity contribution in [3.05, 3.63) is 261 Å². The molecule has 1 nitrogen and oxygen atoms in total. The Balaban J connectivity index is 1.02. The van der Waals surface area contributed by atoms with Crippen LogP contribution in [0.4, 0.5) is 17.1 Å². The maximum Gasteiger partial charge on any atom is 0.0540 e. The number of nitrogens with zero attached hydrogens (tertiary/aromatic N) is 1. The third-order valence-electron chi connectivity index (χ3n) is 12.3. The van der Waals surface area contributed by atoms with E-state index in [4.69, 9.17) is 0 Å². The first-order valence-corrected chi connectivity index (χ1v) is 21.7. The molecule has 0 fully saturated rings. The van der Waals surface area contributed by atoms with Gasteiger partial charge in [-0.3, -0.25) is 0 Å². The van der Waals surface area contributed by atoms with Crippen LogP contribution in [0.2, 0.25) is 0 Å². The van der Waals surface area contributed by atoms with Crippen LogP contribution in [0.5, 0.6) is 0 Å². The molecule has 0 spiro atoms. The maximum absolute atomic E-state index is 2.41. The molecule has 0 bridgehead atoms. The molecule has 0 unspecified atom stereocenters. The Morgan fingerprint density at radius 1 is 0.190 bits per heavy atom. The highest BCUT2D eigenvalue weighted by Gasteiger charge is 2.21. The first kappa shape index (κ1) is 37.7. The van der Waals surface area contributed by atoms with Crippen molar-refractivity contribution >= 4 is 38.6 Å². The van der Waals surface area contributed by atoms with Gasteiger partial charge in [-0.15, -0.1) is 0 Å². The Labute approximate surface area is 369 Å². The maximum atomic E-state index is 2.41. The van der Waals surface area contributed by atoms with Crippen LogP contribution in [0.25, 0.3) is 88.3 Å². The van der Waals surface area contributed by atoms with Gasteiger partial charge in [0.25, 0.3) is 0 Å². The van der Waals surface area contributed by atoms with Gasteiger partial charge in [-0.05, 0) is 113 Å². The van der Waals surface area contributed by atoms with Crippen LogP contribution < -0.4 is 4.90 Å². The minimum absolute atomic E-state index is 1.08. The number of anilines is 3. The molecule has 63 heavy (non-hydrogen) atoms. The van der Waals surface area contributed by atoms with E-state index in [1.165, 1.54) is 82.7 Å². The molecule has 0 N–H and O–H groups in total. The fourth-order valence-electron chi connectivity index (χ4n) is 9.25. The minimum atomic E-state index is 1.08. The topological polar surface area (TPSA) is 3.24 Å².